The Labute approximate surface area is 147 Å². The lowest BCUT2D eigenvalue weighted by Crippen LogP contribution is -2.14. The van der Waals surface area contributed by atoms with Crippen LogP contribution < -0.4 is 4.74 Å². The summed E-state index contributed by atoms with van der Waals surface area (Å²) in [5.41, 5.74) is 0.420. The summed E-state index contributed by atoms with van der Waals surface area (Å²) in [6.07, 6.45) is 1.22. The van der Waals surface area contributed by atoms with Crippen LogP contribution in [-0.2, 0) is 4.74 Å². The van der Waals surface area contributed by atoms with Crippen LogP contribution in [0.25, 0.3) is 0 Å². The van der Waals surface area contributed by atoms with E-state index in [2.05, 4.69) is 4.98 Å². The molecule has 0 bridgehead atoms. The summed E-state index contributed by atoms with van der Waals surface area (Å²) in [7, 11) is 0. The van der Waals surface area contributed by atoms with E-state index in [1.807, 2.05) is 6.07 Å². The number of esters is 1. The predicted molar refractivity (Wildman–Crippen MR) is 86.2 cm³/mol. The van der Waals surface area contributed by atoms with Crippen molar-refractivity contribution in [2.45, 2.75) is 0 Å². The van der Waals surface area contributed by atoms with Gasteiger partial charge in [0, 0.05) is 6.20 Å². The summed E-state index contributed by atoms with van der Waals surface area (Å²) < 4.78 is 10.4. The van der Waals surface area contributed by atoms with Crippen molar-refractivity contribution in [3.05, 3.63) is 56.8 Å². The molecule has 0 radical (unpaired) electrons. The molecule has 2 aromatic rings. The monoisotopic (exact) mass is 370 g/mol. The fourth-order valence-corrected chi connectivity index (χ4v) is 2.13. The first kappa shape index (κ1) is 17.4. The Kier molecular flexibility index (Phi) is 6.05. The smallest absolute Gasteiger partial charge is 0.358 e. The lowest BCUT2D eigenvalue weighted by molar-refractivity contribution is 0.0444. The zero-order chi connectivity index (χ0) is 16.8. The van der Waals surface area contributed by atoms with Gasteiger partial charge in [-0.25, -0.2) is 9.78 Å². The first-order chi connectivity index (χ1) is 11.0. The molecule has 1 aromatic heterocycles. The molecule has 0 saturated heterocycles. The molecule has 0 spiro atoms. The number of hydrogen-bond donors (Lipinski definition) is 0. The predicted octanol–water partition coefficient (Wildman–Crippen LogP) is 4.15. The van der Waals surface area contributed by atoms with E-state index < -0.39 is 5.97 Å². The van der Waals surface area contributed by atoms with Crippen molar-refractivity contribution in [3.8, 4) is 11.8 Å². The highest BCUT2D eigenvalue weighted by Gasteiger charge is 2.18. The van der Waals surface area contributed by atoms with Gasteiger partial charge in [-0.15, -0.1) is 0 Å². The van der Waals surface area contributed by atoms with Crippen LogP contribution in [0.4, 0.5) is 0 Å². The number of nitriles is 1. The van der Waals surface area contributed by atoms with E-state index in [9.17, 15) is 4.79 Å². The zero-order valence-corrected chi connectivity index (χ0v) is 13.8. The SMILES string of the molecule is N#Cc1ccc(OCCOC(=O)c2ncc(Cl)c(Cl)c2Cl)cc1. The standard InChI is InChI=1S/C15H9Cl3N2O3/c16-11-8-20-14(13(18)12(11)17)15(21)23-6-5-22-10-3-1-9(7-19)2-4-10/h1-4,8H,5-6H2. The Morgan fingerprint density at radius 2 is 1.83 bits per heavy atom. The second-order valence-corrected chi connectivity index (χ2v) is 5.37. The van der Waals surface area contributed by atoms with Crippen molar-refractivity contribution in [3.63, 3.8) is 0 Å². The second kappa shape index (κ2) is 8.02. The maximum Gasteiger partial charge on any atom is 0.358 e. The van der Waals surface area contributed by atoms with E-state index in [1.54, 1.807) is 24.3 Å². The van der Waals surface area contributed by atoms with Crippen LogP contribution in [0.3, 0.4) is 0 Å². The minimum atomic E-state index is -0.725. The molecule has 2 rings (SSSR count). The molecule has 0 aliphatic carbocycles. The van der Waals surface area contributed by atoms with Gasteiger partial charge in [0.15, 0.2) is 5.69 Å². The van der Waals surface area contributed by atoms with Crippen LogP contribution >= 0.6 is 34.8 Å². The lowest BCUT2D eigenvalue weighted by atomic mass is 10.2. The average Bonchev–Trinajstić information content (AvgIpc) is 2.57. The van der Waals surface area contributed by atoms with E-state index in [0.717, 1.165) is 0 Å². The van der Waals surface area contributed by atoms with Crippen LogP contribution in [0.15, 0.2) is 30.5 Å². The Hall–Kier alpha value is -2.00. The van der Waals surface area contributed by atoms with Gasteiger partial charge in [0.2, 0.25) is 0 Å². The van der Waals surface area contributed by atoms with Gasteiger partial charge >= 0.3 is 5.97 Å². The van der Waals surface area contributed by atoms with Gasteiger partial charge in [-0.3, -0.25) is 0 Å². The molecule has 1 aromatic carbocycles. The molecule has 0 unspecified atom stereocenters. The molecule has 0 amide bonds. The Bertz CT molecular complexity index is 758. The number of nitrogens with zero attached hydrogens (tertiary/aromatic N) is 2. The Balaban J connectivity index is 1.85. The zero-order valence-electron chi connectivity index (χ0n) is 11.6. The summed E-state index contributed by atoms with van der Waals surface area (Å²) in [6.45, 7) is 0.133. The maximum atomic E-state index is 11.9. The fraction of sp³-hybridized carbons (Fsp3) is 0.133. The summed E-state index contributed by atoms with van der Waals surface area (Å²) in [6, 6.07) is 8.56. The summed E-state index contributed by atoms with van der Waals surface area (Å²) >= 11 is 17.5. The molecular formula is C15H9Cl3N2O3. The highest BCUT2D eigenvalue weighted by Crippen LogP contribution is 2.31. The largest absolute Gasteiger partial charge is 0.490 e. The third-order valence-electron chi connectivity index (χ3n) is 2.68. The molecule has 0 saturated carbocycles. The average molecular weight is 372 g/mol. The summed E-state index contributed by atoms with van der Waals surface area (Å²) in [5, 5.41) is 8.83. The number of halogens is 3. The van der Waals surface area contributed by atoms with Crippen molar-refractivity contribution in [2.24, 2.45) is 0 Å². The molecule has 0 N–H and O–H groups in total. The Morgan fingerprint density at radius 1 is 1.13 bits per heavy atom. The second-order valence-electron chi connectivity index (χ2n) is 4.20. The minimum Gasteiger partial charge on any atom is -0.490 e. The molecule has 23 heavy (non-hydrogen) atoms. The number of benzene rings is 1. The normalized spacial score (nSPS) is 10.0. The van der Waals surface area contributed by atoms with Gasteiger partial charge in [-0.1, -0.05) is 34.8 Å². The van der Waals surface area contributed by atoms with Crippen molar-refractivity contribution >= 4 is 40.8 Å². The molecule has 8 heteroatoms. The summed E-state index contributed by atoms with van der Waals surface area (Å²) in [4.78, 5) is 15.7. The Morgan fingerprint density at radius 3 is 2.48 bits per heavy atom. The molecule has 0 aliphatic heterocycles. The summed E-state index contributed by atoms with van der Waals surface area (Å²) in [5.74, 6) is -0.164. The topological polar surface area (TPSA) is 72.2 Å². The highest BCUT2D eigenvalue weighted by molar-refractivity contribution is 6.48. The first-order valence-corrected chi connectivity index (χ1v) is 7.46. The van der Waals surface area contributed by atoms with E-state index in [1.165, 1.54) is 6.20 Å². The molecule has 118 valence electrons. The van der Waals surface area contributed by atoms with Crippen LogP contribution in [0.1, 0.15) is 16.1 Å². The highest BCUT2D eigenvalue weighted by atomic mass is 35.5. The van der Waals surface area contributed by atoms with Crippen molar-refractivity contribution in [1.82, 2.24) is 4.98 Å². The van der Waals surface area contributed by atoms with Gasteiger partial charge < -0.3 is 9.47 Å². The first-order valence-electron chi connectivity index (χ1n) is 6.32. The number of rotatable bonds is 5. The molecule has 5 nitrogen and oxygen atoms in total. The number of pyridine rings is 1. The van der Waals surface area contributed by atoms with E-state index >= 15 is 0 Å². The molecule has 0 atom stereocenters. The quantitative estimate of drug-likeness (QED) is 0.583. The van der Waals surface area contributed by atoms with Crippen LogP contribution in [-0.4, -0.2) is 24.2 Å². The van der Waals surface area contributed by atoms with E-state index in [0.29, 0.717) is 11.3 Å². The van der Waals surface area contributed by atoms with Gasteiger partial charge in [0.25, 0.3) is 0 Å². The lowest BCUT2D eigenvalue weighted by Gasteiger charge is -2.08. The van der Waals surface area contributed by atoms with E-state index in [-0.39, 0.29) is 34.0 Å². The molecular weight excluding hydrogens is 363 g/mol. The van der Waals surface area contributed by atoms with Gasteiger partial charge in [0.05, 0.1) is 26.7 Å². The molecule has 1 heterocycles. The third kappa shape index (κ3) is 4.49. The van der Waals surface area contributed by atoms with Gasteiger partial charge in [-0.05, 0) is 24.3 Å². The van der Waals surface area contributed by atoms with Crippen molar-refractivity contribution in [2.75, 3.05) is 13.2 Å². The fourth-order valence-electron chi connectivity index (χ4n) is 1.57. The third-order valence-corrected chi connectivity index (χ3v) is 3.92. The molecule has 0 aliphatic rings. The number of carbonyl (C=O) groups is 1. The van der Waals surface area contributed by atoms with Crippen LogP contribution in [0.5, 0.6) is 5.75 Å². The van der Waals surface area contributed by atoms with Crippen LogP contribution in [0, 0.1) is 11.3 Å². The van der Waals surface area contributed by atoms with Gasteiger partial charge in [0.1, 0.15) is 19.0 Å². The minimum absolute atomic E-state index is 0.00289. The van der Waals surface area contributed by atoms with E-state index in [4.69, 9.17) is 49.5 Å². The van der Waals surface area contributed by atoms with Crippen molar-refractivity contribution in [1.29, 1.82) is 5.26 Å². The number of hydrogen-bond acceptors (Lipinski definition) is 5. The maximum absolute atomic E-state index is 11.9. The number of aromatic nitrogens is 1. The van der Waals surface area contributed by atoms with Crippen molar-refractivity contribution < 1.29 is 14.3 Å². The number of carbonyl (C=O) groups excluding carboxylic acids is 1. The molecule has 0 fully saturated rings. The van der Waals surface area contributed by atoms with Crippen LogP contribution in [0.2, 0.25) is 15.1 Å². The number of ether oxygens (including phenoxy) is 2. The van der Waals surface area contributed by atoms with Gasteiger partial charge in [-0.2, -0.15) is 5.26 Å².